The molecule has 396 valence electrons. The topological polar surface area (TPSA) is 186 Å². The number of ether oxygens (including phenoxy) is 4. The Bertz CT molecular complexity index is 1280. The fraction of sp³-hybridized carbons (Fsp3) is 0.926. The standard InChI is InChI=1S/C54H102O12S/c1-3-5-7-9-11-13-15-17-19-21-22-23-24-25-27-28-30-32-34-36-38-40-42-49(55)63-44-47(45-64-54-53(59)52(58)51(57)48(66-54)46-67(60,61)62)65-50(56)43-41-39-37-35-33-31-29-26-20-18-16-14-12-10-8-6-4-2/h18,20,47-48,51-54,57-59H,3-17,19,21-46H2,1-2H3,(H,60,61,62)/b20-18-. The van der Waals surface area contributed by atoms with Crippen molar-refractivity contribution in [2.45, 2.75) is 301 Å². The van der Waals surface area contributed by atoms with Crippen molar-refractivity contribution in [3.05, 3.63) is 12.2 Å². The normalized spacial score (nSPS) is 19.3. The number of hydrogen-bond acceptors (Lipinski definition) is 11. The lowest BCUT2D eigenvalue weighted by molar-refractivity contribution is -0.297. The highest BCUT2D eigenvalue weighted by Gasteiger charge is 2.46. The zero-order valence-corrected chi connectivity index (χ0v) is 43.6. The van der Waals surface area contributed by atoms with Gasteiger partial charge in [-0.1, -0.05) is 225 Å². The van der Waals surface area contributed by atoms with Crippen LogP contribution in [-0.2, 0) is 38.7 Å². The first kappa shape index (κ1) is 63.4. The number of aliphatic hydroxyl groups is 3. The third-order valence-electron chi connectivity index (χ3n) is 13.1. The van der Waals surface area contributed by atoms with Crippen LogP contribution in [0.25, 0.3) is 0 Å². The van der Waals surface area contributed by atoms with Gasteiger partial charge in [0.15, 0.2) is 12.4 Å². The van der Waals surface area contributed by atoms with Crippen LogP contribution in [0.3, 0.4) is 0 Å². The summed E-state index contributed by atoms with van der Waals surface area (Å²) in [6, 6.07) is 0. The van der Waals surface area contributed by atoms with E-state index < -0.39 is 71.2 Å². The van der Waals surface area contributed by atoms with Gasteiger partial charge in [0, 0.05) is 12.8 Å². The van der Waals surface area contributed by atoms with E-state index in [1.807, 2.05) is 0 Å². The summed E-state index contributed by atoms with van der Waals surface area (Å²) in [4.78, 5) is 25.6. The predicted molar refractivity (Wildman–Crippen MR) is 270 cm³/mol. The molecule has 67 heavy (non-hydrogen) atoms. The molecule has 6 atom stereocenters. The minimum absolute atomic E-state index is 0.164. The summed E-state index contributed by atoms with van der Waals surface area (Å²) in [5.74, 6) is -1.97. The average molecular weight is 975 g/mol. The maximum Gasteiger partial charge on any atom is 0.306 e. The molecule has 0 aromatic carbocycles. The molecule has 0 radical (unpaired) electrons. The molecule has 1 aliphatic rings. The summed E-state index contributed by atoms with van der Waals surface area (Å²) in [5, 5.41) is 31.0. The number of carbonyl (C=O) groups excluding carboxylic acids is 2. The highest BCUT2D eigenvalue weighted by Crippen LogP contribution is 2.24. The van der Waals surface area contributed by atoms with Gasteiger partial charge in [0.05, 0.1) is 6.61 Å². The Morgan fingerprint density at radius 1 is 0.493 bits per heavy atom. The van der Waals surface area contributed by atoms with E-state index >= 15 is 0 Å². The first-order valence-electron chi connectivity index (χ1n) is 27.7. The molecule has 1 saturated heterocycles. The van der Waals surface area contributed by atoms with Crippen molar-refractivity contribution in [3.63, 3.8) is 0 Å². The zero-order chi connectivity index (χ0) is 49.1. The zero-order valence-electron chi connectivity index (χ0n) is 42.8. The average Bonchev–Trinajstić information content (AvgIpc) is 3.30. The van der Waals surface area contributed by atoms with Gasteiger partial charge in [0.25, 0.3) is 10.1 Å². The molecule has 0 aromatic rings. The van der Waals surface area contributed by atoms with Crippen LogP contribution < -0.4 is 0 Å². The number of carbonyl (C=O) groups is 2. The van der Waals surface area contributed by atoms with Crippen LogP contribution in [0.2, 0.25) is 0 Å². The molecule has 0 aliphatic carbocycles. The van der Waals surface area contributed by atoms with Crippen molar-refractivity contribution in [1.29, 1.82) is 0 Å². The number of unbranched alkanes of at least 4 members (excludes halogenated alkanes) is 34. The van der Waals surface area contributed by atoms with Gasteiger partial charge >= 0.3 is 11.9 Å². The highest BCUT2D eigenvalue weighted by atomic mass is 32.2. The summed E-state index contributed by atoms with van der Waals surface area (Å²) >= 11 is 0. The molecule has 1 heterocycles. The second-order valence-corrected chi connectivity index (χ2v) is 21.1. The number of hydrogen-bond donors (Lipinski definition) is 4. The Hall–Kier alpha value is -1.61. The second-order valence-electron chi connectivity index (χ2n) is 19.6. The monoisotopic (exact) mass is 975 g/mol. The molecule has 1 fully saturated rings. The Morgan fingerprint density at radius 2 is 0.851 bits per heavy atom. The van der Waals surface area contributed by atoms with Gasteiger partial charge in [-0.15, -0.1) is 0 Å². The number of allylic oxidation sites excluding steroid dienone is 2. The molecule has 1 rings (SSSR count). The molecule has 0 spiro atoms. The Morgan fingerprint density at radius 3 is 1.24 bits per heavy atom. The molecule has 0 saturated carbocycles. The number of rotatable bonds is 48. The third-order valence-corrected chi connectivity index (χ3v) is 13.8. The molecule has 0 bridgehead atoms. The quantitative estimate of drug-likeness (QED) is 0.0196. The molecule has 13 heteroatoms. The molecular weight excluding hydrogens is 873 g/mol. The van der Waals surface area contributed by atoms with Gasteiger partial charge in [-0.25, -0.2) is 0 Å². The smallest absolute Gasteiger partial charge is 0.306 e. The van der Waals surface area contributed by atoms with Crippen molar-refractivity contribution in [1.82, 2.24) is 0 Å². The fourth-order valence-electron chi connectivity index (χ4n) is 8.79. The molecule has 1 aliphatic heterocycles. The van der Waals surface area contributed by atoms with Gasteiger partial charge in [0.2, 0.25) is 0 Å². The van der Waals surface area contributed by atoms with E-state index in [1.54, 1.807) is 0 Å². The minimum Gasteiger partial charge on any atom is -0.462 e. The van der Waals surface area contributed by atoms with E-state index in [0.717, 1.165) is 51.4 Å². The molecule has 0 aromatic heterocycles. The van der Waals surface area contributed by atoms with Gasteiger partial charge in [-0.2, -0.15) is 8.42 Å². The summed E-state index contributed by atoms with van der Waals surface area (Å²) in [6.07, 6.45) is 41.1. The van der Waals surface area contributed by atoms with E-state index in [4.69, 9.17) is 18.9 Å². The molecule has 12 nitrogen and oxygen atoms in total. The summed E-state index contributed by atoms with van der Waals surface area (Å²) < 4.78 is 54.3. The van der Waals surface area contributed by atoms with Crippen LogP contribution in [0.15, 0.2) is 12.2 Å². The number of esters is 2. The van der Waals surface area contributed by atoms with Crippen molar-refractivity contribution >= 4 is 22.1 Å². The minimum atomic E-state index is -4.60. The maximum absolute atomic E-state index is 12.9. The summed E-state index contributed by atoms with van der Waals surface area (Å²) in [5.41, 5.74) is 0. The Labute approximate surface area is 409 Å². The van der Waals surface area contributed by atoms with Gasteiger partial charge in [-0.05, 0) is 38.5 Å². The van der Waals surface area contributed by atoms with Crippen molar-refractivity contribution in [2.75, 3.05) is 19.0 Å². The largest absolute Gasteiger partial charge is 0.462 e. The van der Waals surface area contributed by atoms with E-state index in [9.17, 15) is 37.9 Å². The van der Waals surface area contributed by atoms with Gasteiger partial charge < -0.3 is 34.3 Å². The predicted octanol–water partition coefficient (Wildman–Crippen LogP) is 13.0. The maximum atomic E-state index is 12.9. The number of aliphatic hydroxyl groups excluding tert-OH is 3. The Balaban J connectivity index is 2.31. The third kappa shape index (κ3) is 38.8. The van der Waals surface area contributed by atoms with Crippen LogP contribution >= 0.6 is 0 Å². The van der Waals surface area contributed by atoms with E-state index in [-0.39, 0.29) is 19.4 Å². The highest BCUT2D eigenvalue weighted by molar-refractivity contribution is 7.85. The lowest BCUT2D eigenvalue weighted by atomic mass is 10.00. The van der Waals surface area contributed by atoms with Crippen LogP contribution in [0, 0.1) is 0 Å². The van der Waals surface area contributed by atoms with E-state index in [1.165, 1.54) is 173 Å². The van der Waals surface area contributed by atoms with Crippen molar-refractivity contribution in [3.8, 4) is 0 Å². The fourth-order valence-corrected chi connectivity index (χ4v) is 9.48. The molecule has 0 amide bonds. The lowest BCUT2D eigenvalue weighted by Crippen LogP contribution is -2.60. The summed E-state index contributed by atoms with van der Waals surface area (Å²) in [6.45, 7) is 3.81. The van der Waals surface area contributed by atoms with Crippen molar-refractivity contribution < 1.29 is 56.8 Å². The SMILES string of the molecule is CCCCCCCC/C=C\CCCCCCCCCC(=O)OC(COC(=O)CCCCCCCCCCCCCCCCCCCCCCCC)COC1OC(CS(=O)(=O)O)C(O)C(O)C1O. The first-order valence-corrected chi connectivity index (χ1v) is 29.4. The molecular formula is C54H102O12S. The van der Waals surface area contributed by atoms with Gasteiger partial charge in [-0.3, -0.25) is 14.1 Å². The van der Waals surface area contributed by atoms with Gasteiger partial charge in [0.1, 0.15) is 36.8 Å². The molecule has 6 unspecified atom stereocenters. The summed E-state index contributed by atoms with van der Waals surface area (Å²) in [7, 11) is -4.60. The van der Waals surface area contributed by atoms with Crippen LogP contribution in [0.4, 0.5) is 0 Å². The van der Waals surface area contributed by atoms with Crippen LogP contribution in [-0.4, -0.2) is 96.0 Å². The van der Waals surface area contributed by atoms with Crippen LogP contribution in [0.5, 0.6) is 0 Å². The van der Waals surface area contributed by atoms with E-state index in [0.29, 0.717) is 12.8 Å². The second kappa shape index (κ2) is 44.3. The van der Waals surface area contributed by atoms with Crippen LogP contribution in [0.1, 0.15) is 264 Å². The molecule has 4 N–H and O–H groups in total. The van der Waals surface area contributed by atoms with Crippen molar-refractivity contribution in [2.24, 2.45) is 0 Å². The Kier molecular flexibility index (Phi) is 42.0. The lowest BCUT2D eigenvalue weighted by Gasteiger charge is -2.40. The first-order chi connectivity index (χ1) is 32.5. The van der Waals surface area contributed by atoms with E-state index in [2.05, 4.69) is 26.0 Å².